The van der Waals surface area contributed by atoms with Crippen molar-refractivity contribution in [1.29, 1.82) is 0 Å². The second-order valence-corrected chi connectivity index (χ2v) is 4.78. The van der Waals surface area contributed by atoms with E-state index in [4.69, 9.17) is 22.2 Å². The van der Waals surface area contributed by atoms with Crippen LogP contribution in [-0.2, 0) is 4.74 Å². The van der Waals surface area contributed by atoms with E-state index in [2.05, 4.69) is 28.3 Å². The van der Waals surface area contributed by atoms with E-state index >= 15 is 0 Å². The normalized spacial score (nSPS) is 12.8. The molecule has 1 aromatic rings. The minimum Gasteiger partial charge on any atom is -0.379 e. The second-order valence-electron chi connectivity index (χ2n) is 3.46. The molecule has 0 saturated carbocycles. The van der Waals surface area contributed by atoms with E-state index in [0.29, 0.717) is 11.6 Å². The first kappa shape index (κ1) is 13.9. The van der Waals surface area contributed by atoms with Crippen molar-refractivity contribution in [2.75, 3.05) is 13.2 Å². The number of halogens is 2. The highest BCUT2D eigenvalue weighted by atomic mass is 79.9. The van der Waals surface area contributed by atoms with Gasteiger partial charge in [-0.2, -0.15) is 0 Å². The molecule has 0 aromatic heterocycles. The van der Waals surface area contributed by atoms with Crippen molar-refractivity contribution < 1.29 is 4.74 Å². The van der Waals surface area contributed by atoms with Gasteiger partial charge in [-0.25, -0.2) is 0 Å². The van der Waals surface area contributed by atoms with E-state index in [0.717, 1.165) is 23.1 Å². The van der Waals surface area contributed by atoms with Crippen LogP contribution < -0.4 is 11.3 Å². The molecule has 1 rings (SSSR count). The highest BCUT2D eigenvalue weighted by molar-refractivity contribution is 9.10. The number of nitrogens with two attached hydrogens (primary N) is 1. The first-order chi connectivity index (χ1) is 7.69. The zero-order valence-corrected chi connectivity index (χ0v) is 11.5. The predicted molar refractivity (Wildman–Crippen MR) is 70.3 cm³/mol. The van der Waals surface area contributed by atoms with Crippen molar-refractivity contribution in [2.24, 2.45) is 5.84 Å². The van der Waals surface area contributed by atoms with Gasteiger partial charge in [0.1, 0.15) is 0 Å². The lowest BCUT2D eigenvalue weighted by atomic mass is 10.1. The number of nitrogens with one attached hydrogen (secondary N) is 1. The molecule has 0 amide bonds. The number of hydrogen-bond acceptors (Lipinski definition) is 3. The van der Waals surface area contributed by atoms with Crippen LogP contribution in [0.3, 0.4) is 0 Å². The lowest BCUT2D eigenvalue weighted by molar-refractivity contribution is 0.112. The van der Waals surface area contributed by atoms with Crippen molar-refractivity contribution >= 4 is 27.5 Å². The van der Waals surface area contributed by atoms with Crippen LogP contribution in [0.4, 0.5) is 0 Å². The van der Waals surface area contributed by atoms with Crippen LogP contribution in [-0.4, -0.2) is 13.2 Å². The van der Waals surface area contributed by atoms with Gasteiger partial charge in [0.05, 0.1) is 12.6 Å². The van der Waals surface area contributed by atoms with E-state index in [9.17, 15) is 0 Å². The van der Waals surface area contributed by atoms with Gasteiger partial charge < -0.3 is 4.74 Å². The molecule has 3 N–H and O–H groups in total. The largest absolute Gasteiger partial charge is 0.379 e. The minimum atomic E-state index is -0.0767. The molecular weight excluding hydrogens is 291 g/mol. The van der Waals surface area contributed by atoms with Crippen molar-refractivity contribution in [3.63, 3.8) is 0 Å². The van der Waals surface area contributed by atoms with Gasteiger partial charge in [0.25, 0.3) is 0 Å². The van der Waals surface area contributed by atoms with E-state index in [1.807, 2.05) is 18.2 Å². The second kappa shape index (κ2) is 7.25. The number of rotatable bonds is 6. The zero-order valence-electron chi connectivity index (χ0n) is 9.17. The summed E-state index contributed by atoms with van der Waals surface area (Å²) >= 11 is 9.50. The summed E-state index contributed by atoms with van der Waals surface area (Å²) in [5, 5.41) is 0.678. The van der Waals surface area contributed by atoms with Crippen LogP contribution in [0.5, 0.6) is 0 Å². The van der Waals surface area contributed by atoms with Crippen LogP contribution in [0.25, 0.3) is 0 Å². The molecule has 1 atom stereocenters. The highest BCUT2D eigenvalue weighted by Crippen LogP contribution is 2.26. The van der Waals surface area contributed by atoms with Crippen LogP contribution in [0, 0.1) is 0 Å². The lowest BCUT2D eigenvalue weighted by Crippen LogP contribution is -2.31. The SMILES string of the molecule is CCCOCC(NN)c1ccc(Br)cc1Cl. The predicted octanol–water partition coefficient (Wildman–Crippen LogP) is 3.03. The Bertz CT molecular complexity index is 336. The maximum atomic E-state index is 6.13. The van der Waals surface area contributed by atoms with Gasteiger partial charge in [-0.05, 0) is 24.1 Å². The highest BCUT2D eigenvalue weighted by Gasteiger charge is 2.13. The minimum absolute atomic E-state index is 0.0767. The maximum absolute atomic E-state index is 6.13. The van der Waals surface area contributed by atoms with E-state index < -0.39 is 0 Å². The molecule has 0 radical (unpaired) electrons. The monoisotopic (exact) mass is 306 g/mol. The molecule has 0 bridgehead atoms. The third-order valence-corrected chi connectivity index (χ3v) is 2.99. The smallest absolute Gasteiger partial charge is 0.0708 e. The molecule has 1 aromatic carbocycles. The van der Waals surface area contributed by atoms with Gasteiger partial charge in [-0.15, -0.1) is 0 Å². The van der Waals surface area contributed by atoms with E-state index in [1.54, 1.807) is 0 Å². The number of benzene rings is 1. The Kier molecular flexibility index (Phi) is 6.31. The Morgan fingerprint density at radius 1 is 1.56 bits per heavy atom. The average molecular weight is 308 g/mol. The number of ether oxygens (including phenoxy) is 1. The molecule has 1 unspecified atom stereocenters. The average Bonchev–Trinajstić information content (AvgIpc) is 2.26. The summed E-state index contributed by atoms with van der Waals surface area (Å²) in [7, 11) is 0. The van der Waals surface area contributed by atoms with Gasteiger partial charge in [0.15, 0.2) is 0 Å². The van der Waals surface area contributed by atoms with E-state index in [1.165, 1.54) is 0 Å². The van der Waals surface area contributed by atoms with Gasteiger partial charge in [0, 0.05) is 16.1 Å². The Morgan fingerprint density at radius 3 is 2.88 bits per heavy atom. The molecule has 16 heavy (non-hydrogen) atoms. The van der Waals surface area contributed by atoms with Gasteiger partial charge in [0.2, 0.25) is 0 Å². The number of hydrogen-bond donors (Lipinski definition) is 2. The molecule has 0 aliphatic carbocycles. The van der Waals surface area contributed by atoms with Crippen LogP contribution in [0.15, 0.2) is 22.7 Å². The van der Waals surface area contributed by atoms with Crippen molar-refractivity contribution in [1.82, 2.24) is 5.43 Å². The molecule has 0 fully saturated rings. The van der Waals surface area contributed by atoms with Crippen LogP contribution in [0.1, 0.15) is 24.9 Å². The fraction of sp³-hybridized carbons (Fsp3) is 0.455. The molecule has 0 aliphatic rings. The standard InChI is InChI=1S/C11H16BrClN2O/c1-2-5-16-7-11(15-14)9-4-3-8(12)6-10(9)13/h3-4,6,11,15H,2,5,7,14H2,1H3. The molecule has 0 saturated heterocycles. The first-order valence-electron chi connectivity index (χ1n) is 5.17. The van der Waals surface area contributed by atoms with Gasteiger partial charge in [-0.1, -0.05) is 40.5 Å². The Labute approximate surface area is 109 Å². The van der Waals surface area contributed by atoms with Gasteiger partial charge in [-0.3, -0.25) is 11.3 Å². The van der Waals surface area contributed by atoms with Crippen molar-refractivity contribution in [2.45, 2.75) is 19.4 Å². The van der Waals surface area contributed by atoms with Crippen LogP contribution >= 0.6 is 27.5 Å². The molecule has 90 valence electrons. The summed E-state index contributed by atoms with van der Waals surface area (Å²) in [5.74, 6) is 5.49. The number of hydrazine groups is 1. The third-order valence-electron chi connectivity index (χ3n) is 2.17. The molecular formula is C11H16BrClN2O. The Balaban J connectivity index is 2.70. The lowest BCUT2D eigenvalue weighted by Gasteiger charge is -2.17. The van der Waals surface area contributed by atoms with Gasteiger partial charge >= 0.3 is 0 Å². The topological polar surface area (TPSA) is 47.3 Å². The Hall–Kier alpha value is -0.130. The summed E-state index contributed by atoms with van der Waals surface area (Å²) in [6.45, 7) is 3.31. The third kappa shape index (κ3) is 4.03. The zero-order chi connectivity index (χ0) is 12.0. The fourth-order valence-electron chi connectivity index (χ4n) is 1.36. The summed E-state index contributed by atoms with van der Waals surface area (Å²) < 4.78 is 6.41. The van der Waals surface area contributed by atoms with Crippen molar-refractivity contribution in [3.05, 3.63) is 33.3 Å². The van der Waals surface area contributed by atoms with Crippen molar-refractivity contribution in [3.8, 4) is 0 Å². The maximum Gasteiger partial charge on any atom is 0.0708 e. The molecule has 0 heterocycles. The molecule has 0 spiro atoms. The molecule has 3 nitrogen and oxygen atoms in total. The summed E-state index contributed by atoms with van der Waals surface area (Å²) in [4.78, 5) is 0. The van der Waals surface area contributed by atoms with Crippen LogP contribution in [0.2, 0.25) is 5.02 Å². The Morgan fingerprint density at radius 2 is 2.31 bits per heavy atom. The quantitative estimate of drug-likeness (QED) is 0.482. The van der Waals surface area contributed by atoms with E-state index in [-0.39, 0.29) is 6.04 Å². The molecule has 0 aliphatic heterocycles. The summed E-state index contributed by atoms with van der Waals surface area (Å²) in [6.07, 6.45) is 0.991. The summed E-state index contributed by atoms with van der Waals surface area (Å²) in [6, 6.07) is 5.64. The molecule has 5 heteroatoms. The fourth-order valence-corrected chi connectivity index (χ4v) is 2.16. The summed E-state index contributed by atoms with van der Waals surface area (Å²) in [5.41, 5.74) is 3.66. The first-order valence-corrected chi connectivity index (χ1v) is 6.35.